The van der Waals surface area contributed by atoms with Crippen LogP contribution >= 0.6 is 0 Å². The molecule has 0 aliphatic carbocycles. The predicted octanol–water partition coefficient (Wildman–Crippen LogP) is 5.42. The van der Waals surface area contributed by atoms with E-state index in [0.717, 1.165) is 24.8 Å². The van der Waals surface area contributed by atoms with Crippen LogP contribution in [0.5, 0.6) is 0 Å². The third kappa shape index (κ3) is 6.77. The summed E-state index contributed by atoms with van der Waals surface area (Å²) in [5.74, 6) is 0. The summed E-state index contributed by atoms with van der Waals surface area (Å²) in [6, 6.07) is 8.38. The Morgan fingerprint density at radius 3 is 2.32 bits per heavy atom. The van der Waals surface area contributed by atoms with E-state index in [2.05, 4.69) is 32.0 Å². The van der Waals surface area contributed by atoms with Crippen LogP contribution in [0, 0.1) is 0 Å². The van der Waals surface area contributed by atoms with Gasteiger partial charge in [0.1, 0.15) is 0 Å². The molecule has 1 aromatic rings. The van der Waals surface area contributed by atoms with E-state index in [1.165, 1.54) is 44.1 Å². The molecule has 0 saturated carbocycles. The van der Waals surface area contributed by atoms with E-state index in [1.54, 1.807) is 0 Å². The zero-order chi connectivity index (χ0) is 13.9. The van der Waals surface area contributed by atoms with E-state index in [0.29, 0.717) is 0 Å². The molecule has 1 N–H and O–H groups in total. The SMILES string of the molecule is CCCCCCCCCC(O)c1cccc(CC)c1. The number of hydrogen-bond donors (Lipinski definition) is 1. The van der Waals surface area contributed by atoms with Gasteiger partial charge in [0.05, 0.1) is 6.10 Å². The van der Waals surface area contributed by atoms with Crippen molar-refractivity contribution in [3.8, 4) is 0 Å². The summed E-state index contributed by atoms with van der Waals surface area (Å²) in [5.41, 5.74) is 2.40. The Bertz CT molecular complexity index is 332. The smallest absolute Gasteiger partial charge is 0.0790 e. The van der Waals surface area contributed by atoms with Gasteiger partial charge in [-0.3, -0.25) is 0 Å². The van der Waals surface area contributed by atoms with Gasteiger partial charge in [0.25, 0.3) is 0 Å². The second-order valence-corrected chi connectivity index (χ2v) is 5.52. The maximum atomic E-state index is 10.2. The summed E-state index contributed by atoms with van der Waals surface area (Å²) in [6.45, 7) is 4.41. The maximum Gasteiger partial charge on any atom is 0.0790 e. The minimum atomic E-state index is -0.276. The van der Waals surface area contributed by atoms with Crippen molar-refractivity contribution in [3.63, 3.8) is 0 Å². The Kier molecular flexibility index (Phi) is 8.57. The number of hydrogen-bond acceptors (Lipinski definition) is 1. The number of benzene rings is 1. The van der Waals surface area contributed by atoms with Gasteiger partial charge in [-0.05, 0) is 24.0 Å². The fourth-order valence-corrected chi connectivity index (χ4v) is 2.48. The minimum absolute atomic E-state index is 0.276. The molecule has 1 aromatic carbocycles. The molecule has 0 saturated heterocycles. The highest BCUT2D eigenvalue weighted by atomic mass is 16.3. The van der Waals surface area contributed by atoms with E-state index in [1.807, 2.05) is 6.07 Å². The lowest BCUT2D eigenvalue weighted by molar-refractivity contribution is 0.163. The molecule has 108 valence electrons. The van der Waals surface area contributed by atoms with Crippen molar-refractivity contribution in [1.82, 2.24) is 0 Å². The second kappa shape index (κ2) is 10.0. The van der Waals surface area contributed by atoms with Crippen molar-refractivity contribution in [2.24, 2.45) is 0 Å². The first kappa shape index (κ1) is 16.2. The van der Waals surface area contributed by atoms with Crippen molar-refractivity contribution in [3.05, 3.63) is 35.4 Å². The number of rotatable bonds is 10. The highest BCUT2D eigenvalue weighted by Gasteiger charge is 2.07. The fourth-order valence-electron chi connectivity index (χ4n) is 2.48. The van der Waals surface area contributed by atoms with E-state index >= 15 is 0 Å². The highest BCUT2D eigenvalue weighted by molar-refractivity contribution is 5.25. The minimum Gasteiger partial charge on any atom is -0.388 e. The van der Waals surface area contributed by atoms with Crippen LogP contribution in [0.2, 0.25) is 0 Å². The molecule has 1 unspecified atom stereocenters. The van der Waals surface area contributed by atoms with Gasteiger partial charge in [0.15, 0.2) is 0 Å². The van der Waals surface area contributed by atoms with Crippen LogP contribution in [-0.4, -0.2) is 5.11 Å². The quantitative estimate of drug-likeness (QED) is 0.558. The lowest BCUT2D eigenvalue weighted by Crippen LogP contribution is -1.98. The van der Waals surface area contributed by atoms with Gasteiger partial charge in [0.2, 0.25) is 0 Å². The molecular formula is C18H30O. The summed E-state index contributed by atoms with van der Waals surface area (Å²) in [7, 11) is 0. The van der Waals surface area contributed by atoms with E-state index < -0.39 is 0 Å². The predicted molar refractivity (Wildman–Crippen MR) is 83.4 cm³/mol. The average Bonchev–Trinajstić information content (AvgIpc) is 2.46. The Labute approximate surface area is 119 Å². The molecule has 1 nitrogen and oxygen atoms in total. The molecule has 0 fully saturated rings. The van der Waals surface area contributed by atoms with Crippen LogP contribution in [0.4, 0.5) is 0 Å². The lowest BCUT2D eigenvalue weighted by Gasteiger charge is -2.12. The Morgan fingerprint density at radius 1 is 0.947 bits per heavy atom. The van der Waals surface area contributed by atoms with Crippen LogP contribution in [0.3, 0.4) is 0 Å². The van der Waals surface area contributed by atoms with Crippen molar-refractivity contribution in [1.29, 1.82) is 0 Å². The largest absolute Gasteiger partial charge is 0.388 e. The lowest BCUT2D eigenvalue weighted by atomic mass is 9.99. The third-order valence-corrected chi connectivity index (χ3v) is 3.83. The number of aliphatic hydroxyl groups excluding tert-OH is 1. The van der Waals surface area contributed by atoms with Crippen LogP contribution in [-0.2, 0) is 6.42 Å². The molecule has 0 aromatic heterocycles. The highest BCUT2D eigenvalue weighted by Crippen LogP contribution is 2.21. The van der Waals surface area contributed by atoms with Gasteiger partial charge in [0, 0.05) is 0 Å². The molecule has 1 atom stereocenters. The van der Waals surface area contributed by atoms with E-state index in [9.17, 15) is 5.11 Å². The van der Waals surface area contributed by atoms with Crippen molar-refractivity contribution in [2.75, 3.05) is 0 Å². The molecular weight excluding hydrogens is 232 g/mol. The van der Waals surface area contributed by atoms with Crippen LogP contribution in [0.15, 0.2) is 24.3 Å². The molecule has 0 aliphatic rings. The first-order chi connectivity index (χ1) is 9.27. The van der Waals surface area contributed by atoms with Crippen molar-refractivity contribution in [2.45, 2.75) is 77.7 Å². The van der Waals surface area contributed by atoms with E-state index in [-0.39, 0.29) is 6.10 Å². The third-order valence-electron chi connectivity index (χ3n) is 3.83. The zero-order valence-electron chi connectivity index (χ0n) is 12.7. The standard InChI is InChI=1S/C18H30O/c1-3-5-6-7-8-9-10-14-18(19)17-13-11-12-16(4-2)15-17/h11-13,15,18-19H,3-10,14H2,1-2H3. The van der Waals surface area contributed by atoms with Gasteiger partial charge < -0.3 is 5.11 Å². The van der Waals surface area contributed by atoms with Crippen LogP contribution in [0.1, 0.15) is 82.4 Å². The average molecular weight is 262 g/mol. The topological polar surface area (TPSA) is 20.2 Å². The summed E-state index contributed by atoms with van der Waals surface area (Å²) < 4.78 is 0. The first-order valence-electron chi connectivity index (χ1n) is 8.04. The molecule has 0 bridgehead atoms. The maximum absolute atomic E-state index is 10.2. The van der Waals surface area contributed by atoms with Crippen LogP contribution < -0.4 is 0 Å². The molecule has 0 radical (unpaired) electrons. The summed E-state index contributed by atoms with van der Waals surface area (Å²) in [6.07, 6.45) is 10.8. The van der Waals surface area contributed by atoms with Gasteiger partial charge >= 0.3 is 0 Å². The Hall–Kier alpha value is -0.820. The van der Waals surface area contributed by atoms with Gasteiger partial charge in [-0.25, -0.2) is 0 Å². The molecule has 19 heavy (non-hydrogen) atoms. The van der Waals surface area contributed by atoms with E-state index in [4.69, 9.17) is 0 Å². The van der Waals surface area contributed by atoms with Crippen LogP contribution in [0.25, 0.3) is 0 Å². The fraction of sp³-hybridized carbons (Fsp3) is 0.667. The second-order valence-electron chi connectivity index (χ2n) is 5.52. The zero-order valence-corrected chi connectivity index (χ0v) is 12.7. The van der Waals surface area contributed by atoms with Gasteiger partial charge in [-0.15, -0.1) is 0 Å². The normalized spacial score (nSPS) is 12.6. The molecule has 1 heteroatoms. The number of aliphatic hydroxyl groups is 1. The molecule has 0 heterocycles. The van der Waals surface area contributed by atoms with Crippen molar-refractivity contribution >= 4 is 0 Å². The molecule has 0 spiro atoms. The summed E-state index contributed by atoms with van der Waals surface area (Å²) in [4.78, 5) is 0. The Morgan fingerprint density at radius 2 is 1.63 bits per heavy atom. The summed E-state index contributed by atoms with van der Waals surface area (Å²) in [5, 5.41) is 10.2. The van der Waals surface area contributed by atoms with Gasteiger partial charge in [-0.1, -0.05) is 83.1 Å². The Balaban J connectivity index is 2.18. The van der Waals surface area contributed by atoms with Gasteiger partial charge in [-0.2, -0.15) is 0 Å². The molecule has 1 rings (SSSR count). The molecule has 0 aliphatic heterocycles. The monoisotopic (exact) mass is 262 g/mol. The van der Waals surface area contributed by atoms with Crippen molar-refractivity contribution < 1.29 is 5.11 Å². The number of unbranched alkanes of at least 4 members (excludes halogenated alkanes) is 6. The molecule has 0 amide bonds. The first-order valence-corrected chi connectivity index (χ1v) is 8.04. The summed E-state index contributed by atoms with van der Waals surface area (Å²) >= 11 is 0. The number of aryl methyl sites for hydroxylation is 1.